The van der Waals surface area contributed by atoms with Gasteiger partial charge in [-0.3, -0.25) is 9.59 Å². The molecule has 32 heavy (non-hydrogen) atoms. The van der Waals surface area contributed by atoms with Crippen LogP contribution >= 0.6 is 22.9 Å². The van der Waals surface area contributed by atoms with E-state index in [-0.39, 0.29) is 23.9 Å². The molecule has 0 unspecified atom stereocenters. The van der Waals surface area contributed by atoms with Gasteiger partial charge in [0.1, 0.15) is 16.9 Å². The third kappa shape index (κ3) is 3.49. The van der Waals surface area contributed by atoms with Crippen LogP contribution in [0, 0.1) is 6.92 Å². The molecule has 1 amide bonds. The summed E-state index contributed by atoms with van der Waals surface area (Å²) >= 11 is 7.59. The van der Waals surface area contributed by atoms with E-state index in [1.54, 1.807) is 42.5 Å². The number of ketones is 1. The summed E-state index contributed by atoms with van der Waals surface area (Å²) in [4.78, 5) is 27.1. The number of nitrogens with one attached hydrogen (secondary N) is 1. The zero-order valence-corrected chi connectivity index (χ0v) is 19.1. The van der Waals surface area contributed by atoms with E-state index in [4.69, 9.17) is 20.8 Å². The molecule has 1 atom stereocenters. The molecule has 0 aliphatic carbocycles. The Morgan fingerprint density at radius 1 is 1.19 bits per heavy atom. The summed E-state index contributed by atoms with van der Waals surface area (Å²) in [5, 5.41) is 6.10. The van der Waals surface area contributed by atoms with E-state index >= 15 is 0 Å². The predicted molar refractivity (Wildman–Crippen MR) is 125 cm³/mol. The summed E-state index contributed by atoms with van der Waals surface area (Å²) in [7, 11) is 0. The smallest absolute Gasteiger partial charge is 0.287 e. The summed E-state index contributed by atoms with van der Waals surface area (Å²) < 4.78 is 12.2. The van der Waals surface area contributed by atoms with Gasteiger partial charge in [0, 0.05) is 20.8 Å². The summed E-state index contributed by atoms with van der Waals surface area (Å²) in [6.45, 7) is 4.12. The second-order valence-electron chi connectivity index (χ2n) is 8.07. The molecule has 0 bridgehead atoms. The quantitative estimate of drug-likeness (QED) is 0.386. The Morgan fingerprint density at radius 2 is 1.97 bits per heavy atom. The summed E-state index contributed by atoms with van der Waals surface area (Å²) in [6.07, 6.45) is 0.172. The van der Waals surface area contributed by atoms with Gasteiger partial charge in [-0.2, -0.15) is 0 Å². The van der Waals surface area contributed by atoms with Crippen LogP contribution in [0.2, 0.25) is 5.02 Å². The maximum Gasteiger partial charge on any atom is 0.287 e. The predicted octanol–water partition coefficient (Wildman–Crippen LogP) is 6.27. The monoisotopic (exact) mass is 465 g/mol. The third-order valence-electron chi connectivity index (χ3n) is 5.83. The average Bonchev–Trinajstić information content (AvgIpc) is 3.40. The lowest BCUT2D eigenvalue weighted by molar-refractivity contribution is 0.0507. The van der Waals surface area contributed by atoms with Crippen molar-refractivity contribution in [3.05, 3.63) is 86.3 Å². The molecule has 0 spiro atoms. The van der Waals surface area contributed by atoms with E-state index in [2.05, 4.69) is 5.32 Å². The molecule has 2 aromatic heterocycles. The van der Waals surface area contributed by atoms with Gasteiger partial charge in [0.25, 0.3) is 5.91 Å². The molecule has 2 aromatic carbocycles. The van der Waals surface area contributed by atoms with Crippen molar-refractivity contribution in [1.29, 1.82) is 0 Å². The van der Waals surface area contributed by atoms with Crippen molar-refractivity contribution in [3.8, 4) is 5.75 Å². The van der Waals surface area contributed by atoms with Crippen molar-refractivity contribution in [1.82, 2.24) is 5.32 Å². The number of amides is 1. The maximum absolute atomic E-state index is 13.3. The zero-order valence-electron chi connectivity index (χ0n) is 17.5. The van der Waals surface area contributed by atoms with Crippen LogP contribution < -0.4 is 10.1 Å². The highest BCUT2D eigenvalue weighted by atomic mass is 35.5. The van der Waals surface area contributed by atoms with Gasteiger partial charge < -0.3 is 14.5 Å². The highest BCUT2D eigenvalue weighted by molar-refractivity contribution is 7.09. The first-order valence-corrected chi connectivity index (χ1v) is 11.5. The molecule has 0 saturated heterocycles. The highest BCUT2D eigenvalue weighted by Gasteiger charge is 2.40. The third-order valence-corrected chi connectivity index (χ3v) is 6.96. The molecule has 1 aliphatic rings. The van der Waals surface area contributed by atoms with Crippen molar-refractivity contribution in [2.45, 2.75) is 32.4 Å². The second-order valence-corrected chi connectivity index (χ2v) is 9.54. The van der Waals surface area contributed by atoms with Crippen LogP contribution in [0.1, 0.15) is 50.3 Å². The van der Waals surface area contributed by atoms with E-state index in [1.165, 1.54) is 0 Å². The lowest BCUT2D eigenvalue weighted by atomic mass is 9.84. The number of aryl methyl sites for hydroxylation is 1. The average molecular weight is 466 g/mol. The second kappa shape index (κ2) is 7.80. The molecule has 7 heteroatoms. The molecular formula is C25H20ClNO4S. The lowest BCUT2D eigenvalue weighted by Gasteiger charge is -2.35. The number of hydrogen-bond donors (Lipinski definition) is 1. The van der Waals surface area contributed by atoms with Crippen molar-refractivity contribution < 1.29 is 18.7 Å². The Hall–Kier alpha value is -3.09. The summed E-state index contributed by atoms with van der Waals surface area (Å²) in [5.74, 6) is 0.337. The molecule has 162 valence electrons. The van der Waals surface area contributed by atoms with Crippen LogP contribution in [0.3, 0.4) is 0 Å². The molecule has 0 radical (unpaired) electrons. The summed E-state index contributed by atoms with van der Waals surface area (Å²) in [5.41, 5.74) is 1.66. The zero-order chi connectivity index (χ0) is 22.5. The Kier molecular flexibility index (Phi) is 5.07. The molecule has 4 aromatic rings. The minimum absolute atomic E-state index is 0.0521. The van der Waals surface area contributed by atoms with Crippen LogP contribution in [0.15, 0.2) is 58.3 Å². The number of Topliss-reactive ketones (excluding diaryl/α,β-unsaturated/α-hetero) is 1. The SMILES string of the molecule is Cc1c(C(=O)NCc2cccs2)oc2ccc3c(c12)C(=O)C[C@@](C)(c1ccc(Cl)cc1)O3. The van der Waals surface area contributed by atoms with Crippen molar-refractivity contribution in [2.24, 2.45) is 0 Å². The highest BCUT2D eigenvalue weighted by Crippen LogP contribution is 2.44. The van der Waals surface area contributed by atoms with Crippen molar-refractivity contribution >= 4 is 45.6 Å². The Balaban J connectivity index is 1.51. The van der Waals surface area contributed by atoms with Gasteiger partial charge in [0.2, 0.25) is 0 Å². The molecule has 5 nitrogen and oxygen atoms in total. The molecule has 0 fully saturated rings. The van der Waals surface area contributed by atoms with Crippen LogP contribution in [-0.2, 0) is 12.1 Å². The van der Waals surface area contributed by atoms with Gasteiger partial charge in [-0.1, -0.05) is 29.8 Å². The Labute approximate surface area is 194 Å². The van der Waals surface area contributed by atoms with E-state index in [1.807, 2.05) is 36.6 Å². The van der Waals surface area contributed by atoms with Crippen molar-refractivity contribution in [2.75, 3.05) is 0 Å². The number of thiophene rings is 1. The maximum atomic E-state index is 13.3. The number of rotatable bonds is 4. The first kappa shape index (κ1) is 20.8. The van der Waals surface area contributed by atoms with Gasteiger partial charge in [0.15, 0.2) is 11.5 Å². The van der Waals surface area contributed by atoms with Crippen molar-refractivity contribution in [3.63, 3.8) is 0 Å². The van der Waals surface area contributed by atoms with E-state index in [0.717, 1.165) is 10.4 Å². The number of fused-ring (bicyclic) bond motifs is 3. The van der Waals surface area contributed by atoms with Gasteiger partial charge in [-0.25, -0.2) is 0 Å². The number of carbonyl (C=O) groups is 2. The largest absolute Gasteiger partial charge is 0.482 e. The van der Waals surface area contributed by atoms with Gasteiger partial charge in [-0.15, -0.1) is 11.3 Å². The van der Waals surface area contributed by atoms with Gasteiger partial charge in [-0.05, 0) is 55.1 Å². The Morgan fingerprint density at radius 3 is 2.69 bits per heavy atom. The number of benzene rings is 2. The fourth-order valence-electron chi connectivity index (χ4n) is 4.20. The minimum atomic E-state index is -0.805. The van der Waals surface area contributed by atoms with Gasteiger partial charge in [0.05, 0.1) is 18.5 Å². The van der Waals surface area contributed by atoms with Gasteiger partial charge >= 0.3 is 0 Å². The fraction of sp³-hybridized carbons (Fsp3) is 0.200. The number of carbonyl (C=O) groups excluding carboxylic acids is 2. The number of hydrogen-bond acceptors (Lipinski definition) is 5. The number of halogens is 1. The van der Waals surface area contributed by atoms with E-state index in [0.29, 0.717) is 39.4 Å². The number of furan rings is 1. The molecular weight excluding hydrogens is 446 g/mol. The molecule has 3 heterocycles. The molecule has 0 saturated carbocycles. The van der Waals surface area contributed by atoms with Crippen LogP contribution in [0.5, 0.6) is 5.75 Å². The molecule has 1 N–H and O–H groups in total. The Bertz CT molecular complexity index is 1340. The fourth-order valence-corrected chi connectivity index (χ4v) is 4.97. The normalized spacial score (nSPS) is 17.8. The van der Waals surface area contributed by atoms with Crippen LogP contribution in [0.4, 0.5) is 0 Å². The molecule has 5 rings (SSSR count). The molecule has 1 aliphatic heterocycles. The topological polar surface area (TPSA) is 68.5 Å². The minimum Gasteiger partial charge on any atom is -0.482 e. The van der Waals surface area contributed by atoms with Crippen LogP contribution in [-0.4, -0.2) is 11.7 Å². The first-order chi connectivity index (χ1) is 15.4. The van der Waals surface area contributed by atoms with E-state index < -0.39 is 5.60 Å². The van der Waals surface area contributed by atoms with E-state index in [9.17, 15) is 9.59 Å². The first-order valence-electron chi connectivity index (χ1n) is 10.2. The standard InChI is InChI=1S/C25H20ClNO4S/c1-14-21-19(30-23(14)24(29)27-13-17-4-3-11-32-17)9-10-20-22(21)18(28)12-25(2,31-20)15-5-7-16(26)8-6-15/h3-11H,12-13H2,1-2H3,(H,27,29)/t25-/m0/s1. The lowest BCUT2D eigenvalue weighted by Crippen LogP contribution is -2.36. The summed E-state index contributed by atoms with van der Waals surface area (Å²) in [6, 6.07) is 14.7. The number of ether oxygens (including phenoxy) is 1. The van der Waals surface area contributed by atoms with Crippen LogP contribution in [0.25, 0.3) is 11.0 Å².